The molecule has 0 atom stereocenters. The van der Waals surface area contributed by atoms with Crippen LogP contribution in [-0.2, 0) is 6.61 Å². The van der Waals surface area contributed by atoms with Gasteiger partial charge in [-0.1, -0.05) is 11.6 Å². The van der Waals surface area contributed by atoms with Gasteiger partial charge in [0, 0.05) is 12.5 Å². The van der Waals surface area contributed by atoms with Crippen LogP contribution in [0.25, 0.3) is 0 Å². The van der Waals surface area contributed by atoms with E-state index in [4.69, 9.17) is 20.8 Å². The summed E-state index contributed by atoms with van der Waals surface area (Å²) in [4.78, 5) is 14.8. The van der Waals surface area contributed by atoms with E-state index in [1.807, 2.05) is 6.92 Å². The van der Waals surface area contributed by atoms with E-state index < -0.39 is 0 Å². The van der Waals surface area contributed by atoms with Crippen molar-refractivity contribution in [3.8, 4) is 5.75 Å². The van der Waals surface area contributed by atoms with Gasteiger partial charge in [-0.3, -0.25) is 4.79 Å². The first-order valence-electron chi connectivity index (χ1n) is 5.40. The lowest BCUT2D eigenvalue weighted by Gasteiger charge is -2.06. The van der Waals surface area contributed by atoms with Gasteiger partial charge in [-0.2, -0.15) is 0 Å². The second-order valence-electron chi connectivity index (χ2n) is 3.83. The third-order valence-electron chi connectivity index (χ3n) is 2.46. The molecule has 18 heavy (non-hydrogen) atoms. The molecule has 0 radical (unpaired) electrons. The minimum Gasteiger partial charge on any atom is -0.486 e. The Balaban J connectivity index is 2.10. The van der Waals surface area contributed by atoms with Gasteiger partial charge in [0.05, 0.1) is 5.02 Å². The molecular formula is C13H12ClNO3. The average Bonchev–Trinajstić information content (AvgIpc) is 2.66. The molecule has 0 fully saturated rings. The minimum absolute atomic E-state index is 0.281. The summed E-state index contributed by atoms with van der Waals surface area (Å²) in [5.41, 5.74) is 1.25. The molecule has 0 saturated carbocycles. The van der Waals surface area contributed by atoms with Crippen molar-refractivity contribution in [1.82, 2.24) is 4.98 Å². The van der Waals surface area contributed by atoms with Gasteiger partial charge in [-0.15, -0.1) is 0 Å². The summed E-state index contributed by atoms with van der Waals surface area (Å²) in [5.74, 6) is 1.85. The molecule has 0 unspecified atom stereocenters. The Kier molecular flexibility index (Phi) is 3.67. The summed E-state index contributed by atoms with van der Waals surface area (Å²) in [5, 5.41) is 0.400. The third-order valence-corrected chi connectivity index (χ3v) is 2.75. The molecule has 0 bridgehead atoms. The fourth-order valence-corrected chi connectivity index (χ4v) is 1.80. The van der Waals surface area contributed by atoms with Gasteiger partial charge in [-0.25, -0.2) is 4.98 Å². The standard InChI is InChI=1S/C13H12ClNO3/c1-8-12(15-9(2)18-8)7-17-13-4-3-10(6-16)5-11(13)14/h3-6H,7H2,1-2H3. The summed E-state index contributed by atoms with van der Waals surface area (Å²) in [6.45, 7) is 3.89. The summed E-state index contributed by atoms with van der Waals surface area (Å²) in [6, 6.07) is 4.87. The summed E-state index contributed by atoms with van der Waals surface area (Å²) in [6.07, 6.45) is 0.737. The van der Waals surface area contributed by atoms with Crippen molar-refractivity contribution in [2.24, 2.45) is 0 Å². The van der Waals surface area contributed by atoms with E-state index in [-0.39, 0.29) is 6.61 Å². The van der Waals surface area contributed by atoms with Crippen LogP contribution in [0, 0.1) is 13.8 Å². The Morgan fingerprint density at radius 2 is 2.22 bits per heavy atom. The molecule has 1 aromatic heterocycles. The van der Waals surface area contributed by atoms with Crippen molar-refractivity contribution < 1.29 is 13.9 Å². The number of aldehydes is 1. The van der Waals surface area contributed by atoms with Gasteiger partial charge < -0.3 is 9.15 Å². The number of hydrogen-bond donors (Lipinski definition) is 0. The molecule has 0 spiro atoms. The van der Waals surface area contributed by atoms with Crippen LogP contribution >= 0.6 is 11.6 Å². The zero-order valence-electron chi connectivity index (χ0n) is 10.1. The molecule has 5 heteroatoms. The van der Waals surface area contributed by atoms with E-state index in [0.29, 0.717) is 22.2 Å². The number of oxazole rings is 1. The van der Waals surface area contributed by atoms with Crippen LogP contribution in [0.4, 0.5) is 0 Å². The smallest absolute Gasteiger partial charge is 0.191 e. The second kappa shape index (κ2) is 5.23. The maximum atomic E-state index is 10.6. The first-order chi connectivity index (χ1) is 8.60. The van der Waals surface area contributed by atoms with Crippen LogP contribution in [0.5, 0.6) is 5.75 Å². The fourth-order valence-electron chi connectivity index (χ4n) is 1.56. The molecule has 0 aliphatic heterocycles. The molecule has 0 aliphatic rings. The quantitative estimate of drug-likeness (QED) is 0.796. The minimum atomic E-state index is 0.281. The lowest BCUT2D eigenvalue weighted by Crippen LogP contribution is -1.98. The Hall–Kier alpha value is -1.81. The molecule has 94 valence electrons. The molecule has 2 rings (SSSR count). The summed E-state index contributed by atoms with van der Waals surface area (Å²) in [7, 11) is 0. The van der Waals surface area contributed by atoms with Crippen molar-refractivity contribution in [3.63, 3.8) is 0 Å². The first-order valence-corrected chi connectivity index (χ1v) is 5.78. The second-order valence-corrected chi connectivity index (χ2v) is 4.24. The topological polar surface area (TPSA) is 52.3 Å². The van der Waals surface area contributed by atoms with E-state index in [2.05, 4.69) is 4.98 Å². The maximum absolute atomic E-state index is 10.6. The number of carbonyl (C=O) groups excluding carboxylic acids is 1. The fraction of sp³-hybridized carbons (Fsp3) is 0.231. The maximum Gasteiger partial charge on any atom is 0.191 e. The van der Waals surface area contributed by atoms with Gasteiger partial charge in [-0.05, 0) is 25.1 Å². The number of rotatable bonds is 4. The molecule has 0 N–H and O–H groups in total. The Morgan fingerprint density at radius 1 is 1.44 bits per heavy atom. The predicted molar refractivity (Wildman–Crippen MR) is 67.1 cm³/mol. The SMILES string of the molecule is Cc1nc(COc2ccc(C=O)cc2Cl)c(C)o1. The number of ether oxygens (including phenoxy) is 1. The van der Waals surface area contributed by atoms with Gasteiger partial charge in [0.2, 0.25) is 0 Å². The van der Waals surface area contributed by atoms with Crippen LogP contribution in [-0.4, -0.2) is 11.3 Å². The molecule has 4 nitrogen and oxygen atoms in total. The van der Waals surface area contributed by atoms with E-state index >= 15 is 0 Å². The molecule has 1 aromatic carbocycles. The summed E-state index contributed by atoms with van der Waals surface area (Å²) < 4.78 is 10.8. The molecule has 1 heterocycles. The highest BCUT2D eigenvalue weighted by Crippen LogP contribution is 2.26. The predicted octanol–water partition coefficient (Wildman–Crippen LogP) is 3.34. The highest BCUT2D eigenvalue weighted by atomic mass is 35.5. The molecule has 0 aliphatic carbocycles. The van der Waals surface area contributed by atoms with E-state index in [1.165, 1.54) is 0 Å². The van der Waals surface area contributed by atoms with Gasteiger partial charge in [0.15, 0.2) is 5.89 Å². The van der Waals surface area contributed by atoms with E-state index in [0.717, 1.165) is 17.7 Å². The van der Waals surface area contributed by atoms with Crippen LogP contribution in [0.1, 0.15) is 27.7 Å². The number of aryl methyl sites for hydroxylation is 2. The highest BCUT2D eigenvalue weighted by Gasteiger charge is 2.09. The van der Waals surface area contributed by atoms with E-state index in [9.17, 15) is 4.79 Å². The number of benzene rings is 1. The van der Waals surface area contributed by atoms with Gasteiger partial charge in [0.1, 0.15) is 30.1 Å². The van der Waals surface area contributed by atoms with Gasteiger partial charge >= 0.3 is 0 Å². The number of hydrogen-bond acceptors (Lipinski definition) is 4. The van der Waals surface area contributed by atoms with Crippen molar-refractivity contribution in [2.45, 2.75) is 20.5 Å². The molecule has 0 saturated heterocycles. The number of nitrogens with zero attached hydrogens (tertiary/aromatic N) is 1. The number of carbonyl (C=O) groups is 1. The van der Waals surface area contributed by atoms with Crippen molar-refractivity contribution in [3.05, 3.63) is 46.1 Å². The Labute approximate surface area is 110 Å². The van der Waals surface area contributed by atoms with Crippen molar-refractivity contribution in [1.29, 1.82) is 0 Å². The zero-order chi connectivity index (χ0) is 13.1. The molecular weight excluding hydrogens is 254 g/mol. The lowest BCUT2D eigenvalue weighted by molar-refractivity contribution is 0.112. The van der Waals surface area contributed by atoms with Crippen LogP contribution in [0.2, 0.25) is 5.02 Å². The zero-order valence-corrected chi connectivity index (χ0v) is 10.8. The van der Waals surface area contributed by atoms with Crippen LogP contribution < -0.4 is 4.74 Å². The molecule has 2 aromatic rings. The number of aromatic nitrogens is 1. The van der Waals surface area contributed by atoms with Crippen LogP contribution in [0.15, 0.2) is 22.6 Å². The van der Waals surface area contributed by atoms with Gasteiger partial charge in [0.25, 0.3) is 0 Å². The van der Waals surface area contributed by atoms with Crippen LogP contribution in [0.3, 0.4) is 0 Å². The Bertz CT molecular complexity index is 578. The third kappa shape index (κ3) is 2.71. The lowest BCUT2D eigenvalue weighted by atomic mass is 10.2. The monoisotopic (exact) mass is 265 g/mol. The first kappa shape index (κ1) is 12.6. The highest BCUT2D eigenvalue weighted by molar-refractivity contribution is 6.32. The van der Waals surface area contributed by atoms with E-state index in [1.54, 1.807) is 25.1 Å². The molecule has 0 amide bonds. The normalized spacial score (nSPS) is 10.4. The Morgan fingerprint density at radius 3 is 2.78 bits per heavy atom. The van der Waals surface area contributed by atoms with Crippen molar-refractivity contribution in [2.75, 3.05) is 0 Å². The largest absolute Gasteiger partial charge is 0.486 e. The van der Waals surface area contributed by atoms with Crippen molar-refractivity contribution >= 4 is 17.9 Å². The average molecular weight is 266 g/mol. The number of halogens is 1. The summed E-state index contributed by atoms with van der Waals surface area (Å²) >= 11 is 5.99.